The Bertz CT molecular complexity index is 1510. The van der Waals surface area contributed by atoms with Crippen LogP contribution in [0.4, 0.5) is 0 Å². The van der Waals surface area contributed by atoms with E-state index in [1.807, 2.05) is 0 Å². The first-order chi connectivity index (χ1) is 13.9. The van der Waals surface area contributed by atoms with Gasteiger partial charge in [0.1, 0.15) is 0 Å². The lowest BCUT2D eigenvalue weighted by Gasteiger charge is -2.09. The first-order valence-electron chi connectivity index (χ1n) is 9.70. The van der Waals surface area contributed by atoms with Gasteiger partial charge in [0.2, 0.25) is 0 Å². The summed E-state index contributed by atoms with van der Waals surface area (Å²) in [6, 6.07) is 39.7. The number of rotatable bonds is 1. The molecule has 0 heteroatoms. The van der Waals surface area contributed by atoms with Gasteiger partial charge in [0.05, 0.1) is 0 Å². The highest BCUT2D eigenvalue weighted by Crippen LogP contribution is 2.33. The zero-order chi connectivity index (χ0) is 18.5. The first-order valence-corrected chi connectivity index (χ1v) is 9.70. The molecule has 6 rings (SSSR count). The molecule has 0 aromatic heterocycles. The highest BCUT2D eigenvalue weighted by Gasteiger charge is 2.06. The van der Waals surface area contributed by atoms with Crippen molar-refractivity contribution in [1.29, 1.82) is 0 Å². The molecule has 0 N–H and O–H groups in total. The fraction of sp³-hybridized carbons (Fsp3) is 0. The second kappa shape index (κ2) is 5.94. The summed E-state index contributed by atoms with van der Waals surface area (Å²) in [7, 11) is 0. The summed E-state index contributed by atoms with van der Waals surface area (Å²) < 4.78 is 0. The largest absolute Gasteiger partial charge is 0.0616 e. The van der Waals surface area contributed by atoms with Crippen LogP contribution in [-0.4, -0.2) is 0 Å². The van der Waals surface area contributed by atoms with Gasteiger partial charge >= 0.3 is 0 Å². The third-order valence-corrected chi connectivity index (χ3v) is 5.83. The molecule has 0 bridgehead atoms. The maximum atomic E-state index is 2.33. The van der Waals surface area contributed by atoms with Crippen molar-refractivity contribution in [3.8, 4) is 11.1 Å². The Balaban J connectivity index is 1.59. The minimum absolute atomic E-state index is 1.26. The van der Waals surface area contributed by atoms with Crippen molar-refractivity contribution in [2.75, 3.05) is 0 Å². The monoisotopic (exact) mass is 354 g/mol. The fourth-order valence-electron chi connectivity index (χ4n) is 4.37. The van der Waals surface area contributed by atoms with Crippen LogP contribution >= 0.6 is 0 Å². The van der Waals surface area contributed by atoms with E-state index in [1.54, 1.807) is 0 Å². The van der Waals surface area contributed by atoms with Crippen LogP contribution in [0.5, 0.6) is 0 Å². The number of hydrogen-bond donors (Lipinski definition) is 0. The van der Waals surface area contributed by atoms with Crippen molar-refractivity contribution in [2.24, 2.45) is 0 Å². The minimum atomic E-state index is 1.26. The van der Waals surface area contributed by atoms with Crippen LogP contribution in [0.15, 0.2) is 109 Å². The molecule has 6 aromatic rings. The lowest BCUT2D eigenvalue weighted by molar-refractivity contribution is 1.69. The maximum absolute atomic E-state index is 2.33. The average molecular weight is 354 g/mol. The smallest absolute Gasteiger partial charge is 0.00992 e. The molecule has 0 aliphatic heterocycles. The van der Waals surface area contributed by atoms with Crippen LogP contribution < -0.4 is 0 Å². The zero-order valence-electron chi connectivity index (χ0n) is 15.4. The third kappa shape index (κ3) is 2.32. The van der Waals surface area contributed by atoms with Crippen molar-refractivity contribution in [2.45, 2.75) is 0 Å². The molecule has 130 valence electrons. The zero-order valence-corrected chi connectivity index (χ0v) is 15.4. The summed E-state index contributed by atoms with van der Waals surface area (Å²) in [6.07, 6.45) is 0. The van der Waals surface area contributed by atoms with Gasteiger partial charge < -0.3 is 0 Å². The average Bonchev–Trinajstić information content (AvgIpc) is 2.78. The second-order valence-corrected chi connectivity index (χ2v) is 7.45. The van der Waals surface area contributed by atoms with E-state index in [4.69, 9.17) is 0 Å². The van der Waals surface area contributed by atoms with Gasteiger partial charge in [-0.05, 0) is 66.3 Å². The van der Waals surface area contributed by atoms with E-state index in [9.17, 15) is 0 Å². The van der Waals surface area contributed by atoms with Crippen molar-refractivity contribution in [3.63, 3.8) is 0 Å². The fourth-order valence-corrected chi connectivity index (χ4v) is 4.37. The van der Waals surface area contributed by atoms with Crippen LogP contribution in [0.3, 0.4) is 0 Å². The van der Waals surface area contributed by atoms with Gasteiger partial charge in [-0.2, -0.15) is 0 Å². The number of benzene rings is 6. The maximum Gasteiger partial charge on any atom is -0.00992 e. The first kappa shape index (κ1) is 15.4. The third-order valence-electron chi connectivity index (χ3n) is 5.83. The van der Waals surface area contributed by atoms with E-state index in [-0.39, 0.29) is 0 Å². The van der Waals surface area contributed by atoms with E-state index in [0.717, 1.165) is 0 Å². The quantitative estimate of drug-likeness (QED) is 0.263. The summed E-state index contributed by atoms with van der Waals surface area (Å²) in [6.45, 7) is 0. The van der Waals surface area contributed by atoms with Crippen molar-refractivity contribution >= 4 is 43.1 Å². The Labute approximate surface area is 163 Å². The van der Waals surface area contributed by atoms with Crippen molar-refractivity contribution in [1.82, 2.24) is 0 Å². The predicted octanol–water partition coefficient (Wildman–Crippen LogP) is 7.97. The molecule has 0 atom stereocenters. The van der Waals surface area contributed by atoms with Crippen LogP contribution in [0.25, 0.3) is 54.2 Å². The predicted molar refractivity (Wildman–Crippen MR) is 122 cm³/mol. The summed E-state index contributed by atoms with van der Waals surface area (Å²) in [5.74, 6) is 0. The molecule has 0 saturated carbocycles. The minimum Gasteiger partial charge on any atom is -0.0616 e. The van der Waals surface area contributed by atoms with Gasteiger partial charge in [0, 0.05) is 0 Å². The molecule has 0 fully saturated rings. The van der Waals surface area contributed by atoms with E-state index >= 15 is 0 Å². The van der Waals surface area contributed by atoms with Crippen LogP contribution in [0.1, 0.15) is 0 Å². The molecule has 28 heavy (non-hydrogen) atoms. The Kier molecular flexibility index (Phi) is 3.27. The summed E-state index contributed by atoms with van der Waals surface area (Å²) in [5, 5.41) is 10.4. The number of fused-ring (bicyclic) bond motifs is 6. The Hall–Kier alpha value is -3.64. The lowest BCUT2D eigenvalue weighted by atomic mass is 9.95. The van der Waals surface area contributed by atoms with E-state index in [0.29, 0.717) is 0 Å². The Morgan fingerprint density at radius 2 is 0.750 bits per heavy atom. The second-order valence-electron chi connectivity index (χ2n) is 7.45. The highest BCUT2D eigenvalue weighted by molar-refractivity contribution is 6.10. The molecule has 0 radical (unpaired) electrons. The number of hydrogen-bond acceptors (Lipinski definition) is 0. The molecule has 0 nitrogen and oxygen atoms in total. The Morgan fingerprint density at radius 3 is 1.50 bits per heavy atom. The van der Waals surface area contributed by atoms with Gasteiger partial charge in [0.15, 0.2) is 0 Å². The summed E-state index contributed by atoms with van der Waals surface area (Å²) >= 11 is 0. The SMILES string of the molecule is c1ccc2c(c1)ccc1cc(-c3ccc4ccc5ccccc5c4c3)ccc12. The highest BCUT2D eigenvalue weighted by atomic mass is 14.1. The van der Waals surface area contributed by atoms with E-state index < -0.39 is 0 Å². The van der Waals surface area contributed by atoms with Gasteiger partial charge in [-0.25, -0.2) is 0 Å². The summed E-state index contributed by atoms with van der Waals surface area (Å²) in [5.41, 5.74) is 2.52. The standard InChI is InChI=1S/C28H18/c1-3-7-25-19(5-1)12-14-24-17-22(15-16-27(24)25)23-13-11-21-10-9-20-6-2-4-8-26(20)28(21)18-23/h1-18H. The molecule has 0 heterocycles. The van der Waals surface area contributed by atoms with Gasteiger partial charge in [-0.3, -0.25) is 0 Å². The molecule has 0 amide bonds. The van der Waals surface area contributed by atoms with Crippen LogP contribution in [0, 0.1) is 0 Å². The van der Waals surface area contributed by atoms with Crippen molar-refractivity contribution < 1.29 is 0 Å². The van der Waals surface area contributed by atoms with E-state index in [2.05, 4.69) is 109 Å². The van der Waals surface area contributed by atoms with Crippen molar-refractivity contribution in [3.05, 3.63) is 109 Å². The van der Waals surface area contributed by atoms with Gasteiger partial charge in [0.25, 0.3) is 0 Å². The topological polar surface area (TPSA) is 0 Å². The van der Waals surface area contributed by atoms with Gasteiger partial charge in [-0.1, -0.05) is 97.1 Å². The molecule has 6 aromatic carbocycles. The molecule has 0 unspecified atom stereocenters. The normalized spacial score (nSPS) is 11.6. The molecular formula is C28H18. The van der Waals surface area contributed by atoms with Crippen LogP contribution in [0.2, 0.25) is 0 Å². The summed E-state index contributed by atoms with van der Waals surface area (Å²) in [4.78, 5) is 0. The lowest BCUT2D eigenvalue weighted by Crippen LogP contribution is -1.83. The van der Waals surface area contributed by atoms with E-state index in [1.165, 1.54) is 54.2 Å². The molecule has 0 spiro atoms. The van der Waals surface area contributed by atoms with Gasteiger partial charge in [-0.15, -0.1) is 0 Å². The van der Waals surface area contributed by atoms with Crippen LogP contribution in [-0.2, 0) is 0 Å². The molecule has 0 saturated heterocycles. The molecule has 0 aliphatic rings. The Morgan fingerprint density at radius 1 is 0.286 bits per heavy atom. The molecular weight excluding hydrogens is 336 g/mol. The molecule has 0 aliphatic carbocycles.